The quantitative estimate of drug-likeness (QED) is 0.159. The molecule has 0 saturated heterocycles. The summed E-state index contributed by atoms with van der Waals surface area (Å²) in [5.41, 5.74) is 2.30. The van der Waals surface area contributed by atoms with E-state index in [1.807, 2.05) is 24.3 Å². The lowest BCUT2D eigenvalue weighted by Crippen LogP contribution is -2.31. The molecular formula is C27H26ClN3O3S2. The van der Waals surface area contributed by atoms with Gasteiger partial charge in [0.1, 0.15) is 10.6 Å². The Bertz CT molecular complexity index is 1460. The van der Waals surface area contributed by atoms with Crippen molar-refractivity contribution in [2.75, 3.05) is 26.0 Å². The van der Waals surface area contributed by atoms with Crippen LogP contribution in [0.3, 0.4) is 0 Å². The van der Waals surface area contributed by atoms with E-state index in [1.54, 1.807) is 47.3 Å². The fourth-order valence-corrected chi connectivity index (χ4v) is 6.83. The molecule has 9 heteroatoms. The van der Waals surface area contributed by atoms with E-state index in [0.29, 0.717) is 32.6 Å². The van der Waals surface area contributed by atoms with Crippen LogP contribution in [0.4, 0.5) is 0 Å². The summed E-state index contributed by atoms with van der Waals surface area (Å²) in [4.78, 5) is 36.2. The highest BCUT2D eigenvalue weighted by Gasteiger charge is 2.25. The van der Waals surface area contributed by atoms with E-state index in [0.717, 1.165) is 42.9 Å². The summed E-state index contributed by atoms with van der Waals surface area (Å²) in [6.45, 7) is 5.03. The normalized spacial score (nSPS) is 13.6. The van der Waals surface area contributed by atoms with Gasteiger partial charge in [-0.3, -0.25) is 19.1 Å². The van der Waals surface area contributed by atoms with Crippen LogP contribution in [-0.4, -0.2) is 46.2 Å². The van der Waals surface area contributed by atoms with Crippen LogP contribution in [0.5, 0.6) is 5.75 Å². The third kappa shape index (κ3) is 4.95. The van der Waals surface area contributed by atoms with Crippen LogP contribution in [0.1, 0.15) is 34.1 Å². The third-order valence-corrected chi connectivity index (χ3v) is 8.59. The fraction of sp³-hybridized carbons (Fsp3) is 0.296. The monoisotopic (exact) mass is 539 g/mol. The number of rotatable bonds is 8. The van der Waals surface area contributed by atoms with E-state index >= 15 is 0 Å². The van der Waals surface area contributed by atoms with Crippen LogP contribution in [0.15, 0.2) is 58.5 Å². The van der Waals surface area contributed by atoms with Crippen molar-refractivity contribution in [3.8, 4) is 11.4 Å². The minimum absolute atomic E-state index is 0.0482. The molecule has 3 heterocycles. The van der Waals surface area contributed by atoms with Crippen molar-refractivity contribution in [1.82, 2.24) is 14.5 Å². The van der Waals surface area contributed by atoms with Gasteiger partial charge in [-0.2, -0.15) is 0 Å². The maximum atomic E-state index is 14.0. The van der Waals surface area contributed by atoms with Crippen LogP contribution >= 0.6 is 34.7 Å². The number of ether oxygens (including phenoxy) is 1. The van der Waals surface area contributed by atoms with Gasteiger partial charge in [0.25, 0.3) is 5.56 Å². The number of carbonyl (C=O) groups is 1. The summed E-state index contributed by atoms with van der Waals surface area (Å²) in [6, 6.07) is 14.2. The van der Waals surface area contributed by atoms with Gasteiger partial charge in [0.2, 0.25) is 0 Å². The molecule has 0 radical (unpaired) electrons. The third-order valence-electron chi connectivity index (χ3n) is 6.29. The number of aromatic nitrogens is 2. The zero-order chi connectivity index (χ0) is 25.2. The van der Waals surface area contributed by atoms with Crippen LogP contribution in [-0.2, 0) is 13.0 Å². The molecule has 36 heavy (non-hydrogen) atoms. The molecule has 0 atom stereocenters. The second kappa shape index (κ2) is 10.8. The first kappa shape index (κ1) is 25.0. The van der Waals surface area contributed by atoms with Gasteiger partial charge >= 0.3 is 0 Å². The second-order valence-corrected chi connectivity index (χ2v) is 11.1. The van der Waals surface area contributed by atoms with E-state index in [4.69, 9.17) is 21.3 Å². The van der Waals surface area contributed by atoms with Gasteiger partial charge < -0.3 is 4.74 Å². The number of halogens is 1. The molecule has 1 aliphatic heterocycles. The lowest BCUT2D eigenvalue weighted by Gasteiger charge is -2.26. The Kier molecular flexibility index (Phi) is 7.48. The number of methoxy groups -OCH3 is 1. The van der Waals surface area contributed by atoms with E-state index in [2.05, 4.69) is 11.8 Å². The summed E-state index contributed by atoms with van der Waals surface area (Å²) in [5, 5.41) is 1.79. The molecule has 4 aromatic rings. The summed E-state index contributed by atoms with van der Waals surface area (Å²) in [5.74, 6) is 0.815. The highest BCUT2D eigenvalue weighted by atomic mass is 35.5. The largest absolute Gasteiger partial charge is 0.497 e. The molecule has 1 aliphatic rings. The topological polar surface area (TPSA) is 64.4 Å². The second-order valence-electron chi connectivity index (χ2n) is 8.66. The number of carbonyl (C=O) groups excluding carboxylic acids is 1. The predicted octanol–water partition coefficient (Wildman–Crippen LogP) is 5.85. The van der Waals surface area contributed by atoms with Crippen LogP contribution in [0.2, 0.25) is 5.02 Å². The lowest BCUT2D eigenvalue weighted by atomic mass is 10.1. The van der Waals surface area contributed by atoms with Gasteiger partial charge in [-0.1, -0.05) is 30.3 Å². The maximum absolute atomic E-state index is 14.0. The zero-order valence-electron chi connectivity index (χ0n) is 20.1. The standard InChI is InChI=1S/C27H26ClN3O3S2/c1-3-13-30-14-12-21-23(15-30)36-25-24(21)26(33)31(19-8-10-20(34-2)11-9-19)27(29-25)35-16-22(32)17-4-6-18(28)7-5-17/h4-11H,3,12-16H2,1-2H3. The fourth-order valence-electron chi connectivity index (χ4n) is 4.49. The summed E-state index contributed by atoms with van der Waals surface area (Å²) in [6.07, 6.45) is 1.95. The SMILES string of the molecule is CCCN1CCc2c(sc3nc(SCC(=O)c4ccc(Cl)cc4)n(-c4ccc(OC)cc4)c(=O)c23)C1. The molecule has 5 rings (SSSR count). The molecule has 0 N–H and O–H groups in total. The summed E-state index contributed by atoms with van der Waals surface area (Å²) in [7, 11) is 1.61. The van der Waals surface area contributed by atoms with E-state index < -0.39 is 0 Å². The van der Waals surface area contributed by atoms with Crippen molar-refractivity contribution in [3.63, 3.8) is 0 Å². The van der Waals surface area contributed by atoms with Gasteiger partial charge in [0, 0.05) is 28.6 Å². The molecule has 0 aliphatic carbocycles. The maximum Gasteiger partial charge on any atom is 0.267 e. The van der Waals surface area contributed by atoms with Crippen LogP contribution < -0.4 is 10.3 Å². The molecule has 186 valence electrons. The molecule has 2 aromatic heterocycles. The Hall–Kier alpha value is -2.65. The molecule has 0 fully saturated rings. The molecule has 0 bridgehead atoms. The van der Waals surface area contributed by atoms with Gasteiger partial charge in [0.15, 0.2) is 10.9 Å². The van der Waals surface area contributed by atoms with Gasteiger partial charge in [-0.05, 0) is 73.5 Å². The highest BCUT2D eigenvalue weighted by molar-refractivity contribution is 7.99. The predicted molar refractivity (Wildman–Crippen MR) is 148 cm³/mol. The number of ketones is 1. The van der Waals surface area contributed by atoms with Gasteiger partial charge in [-0.15, -0.1) is 11.3 Å². The number of thiophene rings is 1. The molecular weight excluding hydrogens is 514 g/mol. The first-order valence-electron chi connectivity index (χ1n) is 11.8. The zero-order valence-corrected chi connectivity index (χ0v) is 22.5. The number of thioether (sulfide) groups is 1. The smallest absolute Gasteiger partial charge is 0.267 e. The number of fused-ring (bicyclic) bond motifs is 3. The van der Waals surface area contributed by atoms with Crippen LogP contribution in [0, 0.1) is 0 Å². The molecule has 0 unspecified atom stereocenters. The number of benzene rings is 2. The Morgan fingerprint density at radius 2 is 1.92 bits per heavy atom. The van der Waals surface area contributed by atoms with Gasteiger partial charge in [-0.25, -0.2) is 4.98 Å². The number of hydrogen-bond acceptors (Lipinski definition) is 7. The summed E-state index contributed by atoms with van der Waals surface area (Å²) < 4.78 is 6.93. The molecule has 0 amide bonds. The first-order chi connectivity index (χ1) is 17.5. The number of Topliss-reactive ketones (excluding diaryl/α,β-unsaturated/α-hetero) is 1. The van der Waals surface area contributed by atoms with Crippen molar-refractivity contribution in [2.24, 2.45) is 0 Å². The minimum atomic E-state index is -0.0898. The van der Waals surface area contributed by atoms with E-state index in [9.17, 15) is 9.59 Å². The number of hydrogen-bond donors (Lipinski definition) is 0. The van der Waals surface area contributed by atoms with Crippen molar-refractivity contribution >= 4 is 50.7 Å². The molecule has 0 spiro atoms. The van der Waals surface area contributed by atoms with Crippen molar-refractivity contribution in [2.45, 2.75) is 31.5 Å². The Morgan fingerprint density at radius 1 is 1.17 bits per heavy atom. The molecule has 2 aromatic carbocycles. The van der Waals surface area contributed by atoms with Gasteiger partial charge in [0.05, 0.1) is 23.9 Å². The van der Waals surface area contributed by atoms with E-state index in [1.165, 1.54) is 16.6 Å². The highest BCUT2D eigenvalue weighted by Crippen LogP contribution is 2.34. The Balaban J connectivity index is 1.57. The van der Waals surface area contributed by atoms with Crippen molar-refractivity contribution in [3.05, 3.63) is 79.9 Å². The lowest BCUT2D eigenvalue weighted by molar-refractivity contribution is 0.102. The molecule has 6 nitrogen and oxygen atoms in total. The molecule has 0 saturated carbocycles. The average Bonchev–Trinajstić information content (AvgIpc) is 3.26. The Labute approximate surface area is 222 Å². The van der Waals surface area contributed by atoms with Crippen molar-refractivity contribution in [1.29, 1.82) is 0 Å². The Morgan fingerprint density at radius 3 is 2.61 bits per heavy atom. The van der Waals surface area contributed by atoms with E-state index in [-0.39, 0.29) is 17.1 Å². The van der Waals surface area contributed by atoms with Crippen molar-refractivity contribution < 1.29 is 9.53 Å². The first-order valence-corrected chi connectivity index (χ1v) is 14.0. The summed E-state index contributed by atoms with van der Waals surface area (Å²) >= 11 is 8.84. The average molecular weight is 540 g/mol. The number of nitrogens with zero attached hydrogens (tertiary/aromatic N) is 3. The minimum Gasteiger partial charge on any atom is -0.497 e. The van der Waals surface area contributed by atoms with Crippen LogP contribution in [0.25, 0.3) is 15.9 Å².